The minimum absolute atomic E-state index is 0.0449. The maximum Gasteiger partial charge on any atom is 0.287 e. The van der Waals surface area contributed by atoms with Crippen LogP contribution in [0.25, 0.3) is 32.0 Å². The minimum atomic E-state index is -4.33. The van der Waals surface area contributed by atoms with Gasteiger partial charge in [0, 0.05) is 23.2 Å². The van der Waals surface area contributed by atoms with Gasteiger partial charge in [0.1, 0.15) is 9.79 Å². The third-order valence-corrected chi connectivity index (χ3v) is 10.2. The smallest absolute Gasteiger partial charge is 0.255 e. The summed E-state index contributed by atoms with van der Waals surface area (Å²) in [4.78, 5) is 8.18. The predicted molar refractivity (Wildman–Crippen MR) is 143 cm³/mol. The van der Waals surface area contributed by atoms with Gasteiger partial charge < -0.3 is 0 Å². The van der Waals surface area contributed by atoms with Crippen LogP contribution in [0.3, 0.4) is 0 Å². The number of fused-ring (bicyclic) bond motifs is 3. The topological polar surface area (TPSA) is 111 Å². The lowest BCUT2D eigenvalue weighted by Gasteiger charge is -2.10. The van der Waals surface area contributed by atoms with Crippen molar-refractivity contribution >= 4 is 63.4 Å². The Morgan fingerprint density at radius 2 is 1.35 bits per heavy atom. The van der Waals surface area contributed by atoms with E-state index in [1.54, 1.807) is 66.7 Å². The van der Waals surface area contributed by atoms with E-state index in [-0.39, 0.29) is 25.6 Å². The van der Waals surface area contributed by atoms with Crippen LogP contribution in [-0.4, -0.2) is 30.8 Å². The molecule has 0 amide bonds. The van der Waals surface area contributed by atoms with Gasteiger partial charge in [-0.05, 0) is 48.9 Å². The molecule has 0 aliphatic carbocycles. The lowest BCUT2D eigenvalue weighted by atomic mass is 10.2. The highest BCUT2D eigenvalue weighted by Gasteiger charge is 2.27. The average Bonchev–Trinajstić information content (AvgIpc) is 3.24. The number of rotatable bonds is 4. The van der Waals surface area contributed by atoms with Gasteiger partial charge in [0.15, 0.2) is 0 Å². The Balaban J connectivity index is 1.68. The van der Waals surface area contributed by atoms with E-state index in [1.165, 1.54) is 24.5 Å². The zero-order chi connectivity index (χ0) is 25.8. The second-order valence-corrected chi connectivity index (χ2v) is 12.7. The zero-order valence-electron chi connectivity index (χ0n) is 19.3. The highest BCUT2D eigenvalue weighted by Crippen LogP contribution is 2.28. The Labute approximate surface area is 216 Å². The standard InChI is InChI=1S/C26H18N4O4S3/c1-17-12-13-20-21(16-17)35-26(29-36(31,32)22-10-2-6-18-8-4-14-27-24(18)22)30(20)37(33,34)23-11-3-7-19-9-5-15-28-25(19)23/h2-16H,1H3. The van der Waals surface area contributed by atoms with Crippen molar-refractivity contribution in [2.75, 3.05) is 0 Å². The predicted octanol–water partition coefficient (Wildman–Crippen LogP) is 4.63. The number of sulfonamides is 1. The fourth-order valence-corrected chi connectivity index (χ4v) is 8.64. The molecular formula is C26H18N4O4S3. The lowest BCUT2D eigenvalue weighted by Crippen LogP contribution is -2.25. The van der Waals surface area contributed by atoms with Crippen molar-refractivity contribution in [3.63, 3.8) is 0 Å². The number of nitrogens with zero attached hydrogens (tertiary/aromatic N) is 4. The molecule has 6 rings (SSSR count). The highest BCUT2D eigenvalue weighted by atomic mass is 32.2. The van der Waals surface area contributed by atoms with Gasteiger partial charge in [0.2, 0.25) is 4.80 Å². The quantitative estimate of drug-likeness (QED) is 0.319. The van der Waals surface area contributed by atoms with E-state index in [1.807, 2.05) is 6.92 Å². The van der Waals surface area contributed by atoms with Gasteiger partial charge in [-0.3, -0.25) is 9.97 Å². The summed E-state index contributed by atoms with van der Waals surface area (Å²) in [6.45, 7) is 1.88. The molecule has 3 aromatic heterocycles. The van der Waals surface area contributed by atoms with E-state index in [2.05, 4.69) is 14.4 Å². The Morgan fingerprint density at radius 1 is 0.757 bits per heavy atom. The van der Waals surface area contributed by atoms with E-state index in [4.69, 9.17) is 0 Å². The third-order valence-electron chi connectivity index (χ3n) is 5.89. The number of para-hydroxylation sites is 2. The number of aryl methyl sites for hydroxylation is 1. The molecule has 0 aliphatic rings. The Bertz CT molecular complexity index is 2140. The van der Waals surface area contributed by atoms with E-state index in [9.17, 15) is 16.8 Å². The average molecular weight is 547 g/mol. The SMILES string of the molecule is Cc1ccc2c(c1)sc(=NS(=O)(=O)c1cccc3cccnc13)n2S(=O)(=O)c1cccc2cccnc12. The molecule has 0 atom stereocenters. The second kappa shape index (κ2) is 8.58. The molecule has 3 heterocycles. The fourth-order valence-electron chi connectivity index (χ4n) is 4.22. The van der Waals surface area contributed by atoms with Crippen LogP contribution in [0, 0.1) is 6.92 Å². The van der Waals surface area contributed by atoms with Gasteiger partial charge in [-0.25, -0.2) is 12.4 Å². The molecule has 0 aliphatic heterocycles. The van der Waals surface area contributed by atoms with Crippen LogP contribution in [0.1, 0.15) is 5.56 Å². The molecule has 0 unspecified atom stereocenters. The van der Waals surface area contributed by atoms with E-state index < -0.39 is 20.0 Å². The number of aromatic nitrogens is 3. The summed E-state index contributed by atoms with van der Waals surface area (Å²) in [6, 6.07) is 21.8. The first kappa shape index (κ1) is 23.5. The van der Waals surface area contributed by atoms with E-state index in [0.717, 1.165) is 20.9 Å². The van der Waals surface area contributed by atoms with Crippen molar-refractivity contribution in [3.8, 4) is 0 Å². The maximum atomic E-state index is 14.1. The summed E-state index contributed by atoms with van der Waals surface area (Å²) in [5.41, 5.74) is 1.78. The Hall–Kier alpha value is -3.93. The molecule has 184 valence electrons. The number of hydrogen-bond acceptors (Lipinski definition) is 7. The van der Waals surface area contributed by atoms with Gasteiger partial charge in [-0.1, -0.05) is 53.8 Å². The van der Waals surface area contributed by atoms with Crippen LogP contribution < -0.4 is 4.80 Å². The molecule has 0 radical (unpaired) electrons. The summed E-state index contributed by atoms with van der Waals surface area (Å²) >= 11 is 0.989. The zero-order valence-corrected chi connectivity index (χ0v) is 21.8. The second-order valence-electron chi connectivity index (χ2n) is 8.35. The molecule has 3 aromatic carbocycles. The van der Waals surface area contributed by atoms with Crippen LogP contribution in [0.4, 0.5) is 0 Å². The maximum absolute atomic E-state index is 14.1. The van der Waals surface area contributed by atoms with Crippen LogP contribution in [0.5, 0.6) is 0 Å². The molecule has 8 nitrogen and oxygen atoms in total. The molecule has 0 fully saturated rings. The van der Waals surface area contributed by atoms with Crippen molar-refractivity contribution in [2.24, 2.45) is 4.40 Å². The summed E-state index contributed by atoms with van der Waals surface area (Å²) in [6.07, 6.45) is 3.02. The van der Waals surface area contributed by atoms with Gasteiger partial charge >= 0.3 is 0 Å². The molecule has 6 aromatic rings. The lowest BCUT2D eigenvalue weighted by molar-refractivity contribution is 0.588. The first-order chi connectivity index (χ1) is 17.8. The first-order valence-electron chi connectivity index (χ1n) is 11.1. The summed E-state index contributed by atoms with van der Waals surface area (Å²) in [7, 11) is -8.63. The summed E-state index contributed by atoms with van der Waals surface area (Å²) in [5, 5.41) is 1.28. The molecule has 37 heavy (non-hydrogen) atoms. The van der Waals surface area contributed by atoms with Crippen molar-refractivity contribution in [3.05, 3.63) is 102 Å². The van der Waals surface area contributed by atoms with Crippen LogP contribution in [0.2, 0.25) is 0 Å². The summed E-state index contributed by atoms with van der Waals surface area (Å²) in [5.74, 6) is 0. The molecule has 11 heteroatoms. The van der Waals surface area contributed by atoms with E-state index >= 15 is 0 Å². The molecule has 0 saturated carbocycles. The van der Waals surface area contributed by atoms with Crippen molar-refractivity contribution in [1.29, 1.82) is 0 Å². The van der Waals surface area contributed by atoms with E-state index in [0.29, 0.717) is 21.0 Å². The van der Waals surface area contributed by atoms with Gasteiger partial charge in [-0.15, -0.1) is 4.40 Å². The Kier molecular flexibility index (Phi) is 5.44. The molecule has 0 spiro atoms. The van der Waals surface area contributed by atoms with Crippen molar-refractivity contribution < 1.29 is 16.8 Å². The molecular weight excluding hydrogens is 529 g/mol. The van der Waals surface area contributed by atoms with Gasteiger partial charge in [-0.2, -0.15) is 8.42 Å². The van der Waals surface area contributed by atoms with Crippen molar-refractivity contribution in [1.82, 2.24) is 13.9 Å². The van der Waals surface area contributed by atoms with Crippen molar-refractivity contribution in [2.45, 2.75) is 16.7 Å². The van der Waals surface area contributed by atoms with Crippen LogP contribution >= 0.6 is 11.3 Å². The normalized spacial score (nSPS) is 13.1. The monoisotopic (exact) mass is 546 g/mol. The number of hydrogen-bond donors (Lipinski definition) is 0. The molecule has 0 saturated heterocycles. The fraction of sp³-hybridized carbons (Fsp3) is 0.0385. The highest BCUT2D eigenvalue weighted by molar-refractivity contribution is 7.91. The molecule has 0 bridgehead atoms. The number of thiazole rings is 1. The number of benzene rings is 3. The minimum Gasteiger partial charge on any atom is -0.255 e. The summed E-state index contributed by atoms with van der Waals surface area (Å²) < 4.78 is 61.0. The van der Waals surface area contributed by atoms with Gasteiger partial charge in [0.25, 0.3) is 20.0 Å². The largest absolute Gasteiger partial charge is 0.287 e. The van der Waals surface area contributed by atoms with Crippen LogP contribution in [0.15, 0.2) is 105 Å². The molecule has 0 N–H and O–H groups in total. The first-order valence-corrected chi connectivity index (χ1v) is 14.8. The Morgan fingerprint density at radius 3 is 2.03 bits per heavy atom. The third kappa shape index (κ3) is 3.91. The number of pyridine rings is 2. The van der Waals surface area contributed by atoms with Gasteiger partial charge in [0.05, 0.1) is 21.3 Å². The van der Waals surface area contributed by atoms with Crippen LogP contribution in [-0.2, 0) is 20.0 Å².